The number of fused-ring (bicyclic) bond motifs is 1. The number of unbranched alkanes of at least 4 members (excludes halogenated alkanes) is 3. The molecule has 5 heteroatoms. The van der Waals surface area contributed by atoms with Crippen LogP contribution in [0.4, 0.5) is 4.39 Å². The van der Waals surface area contributed by atoms with Gasteiger partial charge in [-0.25, -0.2) is 4.39 Å². The van der Waals surface area contributed by atoms with E-state index in [0.29, 0.717) is 17.6 Å². The SMILES string of the molecule is O=C(NCCCCCCO)c1cc2cc(F)ccc2[nH]1. The molecule has 0 saturated heterocycles. The summed E-state index contributed by atoms with van der Waals surface area (Å²) in [7, 11) is 0. The summed E-state index contributed by atoms with van der Waals surface area (Å²) in [6.45, 7) is 0.825. The standard InChI is InChI=1S/C15H19FN2O2/c16-12-5-6-13-11(9-12)10-14(18-13)15(20)17-7-3-1-2-4-8-19/h5-6,9-10,18-19H,1-4,7-8H2,(H,17,20). The Hall–Kier alpha value is -1.88. The normalized spacial score (nSPS) is 10.9. The summed E-state index contributed by atoms with van der Waals surface area (Å²) in [5, 5.41) is 12.2. The Labute approximate surface area is 117 Å². The zero-order valence-electron chi connectivity index (χ0n) is 11.3. The Morgan fingerprint density at radius 1 is 1.20 bits per heavy atom. The summed E-state index contributed by atoms with van der Waals surface area (Å²) in [6.07, 6.45) is 3.65. The maximum absolute atomic E-state index is 13.1. The summed E-state index contributed by atoms with van der Waals surface area (Å²) in [4.78, 5) is 14.9. The minimum absolute atomic E-state index is 0.177. The highest BCUT2D eigenvalue weighted by molar-refractivity contribution is 5.97. The molecule has 1 aromatic carbocycles. The summed E-state index contributed by atoms with van der Waals surface area (Å²) in [5.41, 5.74) is 1.19. The Bertz CT molecular complexity index is 580. The molecule has 1 heterocycles. The van der Waals surface area contributed by atoms with Gasteiger partial charge < -0.3 is 15.4 Å². The number of rotatable bonds is 7. The van der Waals surface area contributed by atoms with Crippen LogP contribution in [0.5, 0.6) is 0 Å². The fourth-order valence-electron chi connectivity index (χ4n) is 2.11. The van der Waals surface area contributed by atoms with Crippen molar-refractivity contribution >= 4 is 16.8 Å². The van der Waals surface area contributed by atoms with E-state index < -0.39 is 0 Å². The lowest BCUT2D eigenvalue weighted by Gasteiger charge is -2.03. The maximum atomic E-state index is 13.1. The van der Waals surface area contributed by atoms with Crippen LogP contribution in [-0.2, 0) is 0 Å². The van der Waals surface area contributed by atoms with Gasteiger partial charge in [-0.05, 0) is 37.1 Å². The third-order valence-electron chi connectivity index (χ3n) is 3.20. The molecule has 0 aliphatic rings. The number of hydrogen-bond donors (Lipinski definition) is 3. The van der Waals surface area contributed by atoms with Gasteiger partial charge in [0.05, 0.1) is 0 Å². The van der Waals surface area contributed by atoms with E-state index in [1.165, 1.54) is 12.1 Å². The lowest BCUT2D eigenvalue weighted by molar-refractivity contribution is 0.0948. The first-order valence-electron chi connectivity index (χ1n) is 6.88. The molecule has 4 nitrogen and oxygen atoms in total. The van der Waals surface area contributed by atoms with Crippen LogP contribution < -0.4 is 5.32 Å². The van der Waals surface area contributed by atoms with Crippen molar-refractivity contribution in [2.75, 3.05) is 13.2 Å². The quantitative estimate of drug-likeness (QED) is 0.682. The number of amides is 1. The zero-order valence-corrected chi connectivity index (χ0v) is 11.3. The first-order valence-corrected chi connectivity index (χ1v) is 6.88. The molecule has 0 atom stereocenters. The Morgan fingerprint density at radius 2 is 2.00 bits per heavy atom. The average molecular weight is 278 g/mol. The van der Waals surface area contributed by atoms with Crippen LogP contribution >= 0.6 is 0 Å². The molecular weight excluding hydrogens is 259 g/mol. The number of benzene rings is 1. The van der Waals surface area contributed by atoms with Gasteiger partial charge in [-0.2, -0.15) is 0 Å². The second kappa shape index (κ2) is 7.05. The minimum Gasteiger partial charge on any atom is -0.396 e. The van der Waals surface area contributed by atoms with E-state index in [1.54, 1.807) is 12.1 Å². The highest BCUT2D eigenvalue weighted by atomic mass is 19.1. The highest BCUT2D eigenvalue weighted by Crippen LogP contribution is 2.16. The molecule has 1 aromatic heterocycles. The van der Waals surface area contributed by atoms with E-state index in [2.05, 4.69) is 10.3 Å². The molecule has 0 bridgehead atoms. The third-order valence-corrected chi connectivity index (χ3v) is 3.20. The van der Waals surface area contributed by atoms with Crippen molar-refractivity contribution in [1.82, 2.24) is 10.3 Å². The van der Waals surface area contributed by atoms with Gasteiger partial charge in [-0.3, -0.25) is 4.79 Å². The van der Waals surface area contributed by atoms with Gasteiger partial charge in [0.1, 0.15) is 11.5 Å². The highest BCUT2D eigenvalue weighted by Gasteiger charge is 2.09. The fraction of sp³-hybridized carbons (Fsp3) is 0.400. The number of carbonyl (C=O) groups excluding carboxylic acids is 1. The van der Waals surface area contributed by atoms with Crippen molar-refractivity contribution in [2.24, 2.45) is 0 Å². The molecule has 0 spiro atoms. The number of nitrogens with one attached hydrogen (secondary N) is 2. The van der Waals surface area contributed by atoms with E-state index in [1.807, 2.05) is 0 Å². The molecule has 0 unspecified atom stereocenters. The largest absolute Gasteiger partial charge is 0.396 e. The van der Waals surface area contributed by atoms with Gasteiger partial charge >= 0.3 is 0 Å². The topological polar surface area (TPSA) is 65.1 Å². The van der Waals surface area contributed by atoms with Crippen LogP contribution in [0.15, 0.2) is 24.3 Å². The summed E-state index contributed by atoms with van der Waals surface area (Å²) in [6, 6.07) is 6.04. The first-order chi connectivity index (χ1) is 9.70. The Morgan fingerprint density at radius 3 is 2.80 bits per heavy atom. The van der Waals surface area contributed by atoms with Gasteiger partial charge in [0.15, 0.2) is 0 Å². The fourth-order valence-corrected chi connectivity index (χ4v) is 2.11. The molecule has 20 heavy (non-hydrogen) atoms. The number of aromatic amines is 1. The molecule has 108 valence electrons. The zero-order chi connectivity index (χ0) is 14.4. The van der Waals surface area contributed by atoms with Gasteiger partial charge in [-0.15, -0.1) is 0 Å². The van der Waals surface area contributed by atoms with E-state index in [-0.39, 0.29) is 18.3 Å². The molecule has 1 amide bonds. The maximum Gasteiger partial charge on any atom is 0.267 e. The molecule has 0 fully saturated rings. The van der Waals surface area contributed by atoms with E-state index in [4.69, 9.17) is 5.11 Å². The molecule has 3 N–H and O–H groups in total. The minimum atomic E-state index is -0.313. The van der Waals surface area contributed by atoms with Crippen LogP contribution in [0.25, 0.3) is 10.9 Å². The predicted octanol–water partition coefficient (Wildman–Crippen LogP) is 2.59. The lowest BCUT2D eigenvalue weighted by Crippen LogP contribution is -2.24. The average Bonchev–Trinajstić information content (AvgIpc) is 2.85. The smallest absolute Gasteiger partial charge is 0.267 e. The number of aliphatic hydroxyl groups is 1. The third kappa shape index (κ3) is 3.81. The molecule has 0 radical (unpaired) electrons. The second-order valence-electron chi connectivity index (χ2n) is 4.81. The van der Waals surface area contributed by atoms with E-state index in [0.717, 1.165) is 31.2 Å². The lowest BCUT2D eigenvalue weighted by atomic mass is 10.2. The molecule has 0 aliphatic carbocycles. The van der Waals surface area contributed by atoms with Gasteiger partial charge in [0.2, 0.25) is 0 Å². The van der Waals surface area contributed by atoms with Gasteiger partial charge in [0.25, 0.3) is 5.91 Å². The Balaban J connectivity index is 1.85. The van der Waals surface area contributed by atoms with Gasteiger partial charge in [0, 0.05) is 24.1 Å². The van der Waals surface area contributed by atoms with Crippen LogP contribution in [0.2, 0.25) is 0 Å². The Kier molecular flexibility index (Phi) is 5.12. The van der Waals surface area contributed by atoms with E-state index in [9.17, 15) is 9.18 Å². The summed E-state index contributed by atoms with van der Waals surface area (Å²) < 4.78 is 13.1. The number of aliphatic hydroxyl groups excluding tert-OH is 1. The van der Waals surface area contributed by atoms with Crippen molar-refractivity contribution in [3.8, 4) is 0 Å². The summed E-state index contributed by atoms with van der Waals surface area (Å²) >= 11 is 0. The second-order valence-corrected chi connectivity index (χ2v) is 4.81. The number of carbonyl (C=O) groups is 1. The van der Waals surface area contributed by atoms with Crippen LogP contribution in [0.1, 0.15) is 36.2 Å². The van der Waals surface area contributed by atoms with Crippen molar-refractivity contribution in [3.05, 3.63) is 35.8 Å². The van der Waals surface area contributed by atoms with Crippen LogP contribution in [0.3, 0.4) is 0 Å². The number of aromatic nitrogens is 1. The molecule has 0 saturated carbocycles. The number of halogens is 1. The molecule has 2 aromatic rings. The van der Waals surface area contributed by atoms with E-state index >= 15 is 0 Å². The first kappa shape index (κ1) is 14.5. The molecule has 0 aliphatic heterocycles. The predicted molar refractivity (Wildman–Crippen MR) is 76.1 cm³/mol. The monoisotopic (exact) mass is 278 g/mol. The molecular formula is C15H19FN2O2. The van der Waals surface area contributed by atoms with Crippen molar-refractivity contribution in [1.29, 1.82) is 0 Å². The van der Waals surface area contributed by atoms with Gasteiger partial charge in [-0.1, -0.05) is 12.8 Å². The van der Waals surface area contributed by atoms with Crippen LogP contribution in [0, 0.1) is 5.82 Å². The van der Waals surface area contributed by atoms with Crippen molar-refractivity contribution in [2.45, 2.75) is 25.7 Å². The number of H-pyrrole nitrogens is 1. The molecule has 2 rings (SSSR count). The van der Waals surface area contributed by atoms with Crippen molar-refractivity contribution in [3.63, 3.8) is 0 Å². The van der Waals surface area contributed by atoms with Crippen LogP contribution in [-0.4, -0.2) is 29.1 Å². The summed E-state index contributed by atoms with van der Waals surface area (Å²) in [5.74, 6) is -0.490. The number of hydrogen-bond acceptors (Lipinski definition) is 2. The van der Waals surface area contributed by atoms with Crippen molar-refractivity contribution < 1.29 is 14.3 Å².